The molecule has 0 bridgehead atoms. The molecule has 134 valence electrons. The Bertz CT molecular complexity index is 573. The Morgan fingerprint density at radius 1 is 1.17 bits per heavy atom. The molecule has 1 rings (SSSR count). The van der Waals surface area contributed by atoms with Gasteiger partial charge in [-0.3, -0.25) is 4.79 Å². The number of carbonyl (C=O) groups excluding carboxylic acids is 1. The average molecular weight is 337 g/mol. The highest BCUT2D eigenvalue weighted by atomic mass is 16.5. The topological polar surface area (TPSA) is 84.9 Å². The van der Waals surface area contributed by atoms with Gasteiger partial charge in [0.25, 0.3) is 0 Å². The number of methoxy groups -OCH3 is 2. The number of hydrogen-bond donors (Lipinski definition) is 2. The minimum absolute atomic E-state index is 0.125. The second-order valence-electron chi connectivity index (χ2n) is 6.00. The van der Waals surface area contributed by atoms with Gasteiger partial charge in [-0.1, -0.05) is 33.3 Å². The van der Waals surface area contributed by atoms with Crippen LogP contribution in [-0.4, -0.2) is 37.2 Å². The summed E-state index contributed by atoms with van der Waals surface area (Å²) in [7, 11) is 3.12. The molecule has 6 nitrogen and oxygen atoms in total. The third kappa shape index (κ3) is 5.15. The molecule has 0 aliphatic heterocycles. The first-order chi connectivity index (χ1) is 11.3. The van der Waals surface area contributed by atoms with Crippen molar-refractivity contribution in [3.05, 3.63) is 23.8 Å². The summed E-state index contributed by atoms with van der Waals surface area (Å²) in [5.74, 6) is -0.520. The van der Waals surface area contributed by atoms with E-state index in [2.05, 4.69) is 5.32 Å². The Labute approximate surface area is 143 Å². The number of carboxylic acid groups (broad SMARTS) is 1. The van der Waals surface area contributed by atoms with Gasteiger partial charge < -0.3 is 19.9 Å². The number of amides is 1. The zero-order valence-corrected chi connectivity index (χ0v) is 15.0. The van der Waals surface area contributed by atoms with Crippen LogP contribution in [0.3, 0.4) is 0 Å². The van der Waals surface area contributed by atoms with Crippen LogP contribution in [0.4, 0.5) is 0 Å². The van der Waals surface area contributed by atoms with E-state index in [1.165, 1.54) is 0 Å². The monoisotopic (exact) mass is 337 g/mol. The van der Waals surface area contributed by atoms with E-state index in [0.29, 0.717) is 24.3 Å². The summed E-state index contributed by atoms with van der Waals surface area (Å²) in [6.07, 6.45) is 1.17. The van der Waals surface area contributed by atoms with E-state index in [1.807, 2.05) is 26.0 Å². The highest BCUT2D eigenvalue weighted by molar-refractivity contribution is 5.85. The van der Waals surface area contributed by atoms with E-state index in [9.17, 15) is 14.7 Å². The molecule has 0 fully saturated rings. The third-order valence-electron chi connectivity index (χ3n) is 4.21. The predicted octanol–water partition coefficient (Wildman–Crippen LogP) is 2.50. The van der Waals surface area contributed by atoms with Crippen LogP contribution in [0.15, 0.2) is 18.2 Å². The predicted molar refractivity (Wildman–Crippen MR) is 91.4 cm³/mol. The van der Waals surface area contributed by atoms with Crippen LogP contribution in [-0.2, 0) is 16.0 Å². The summed E-state index contributed by atoms with van der Waals surface area (Å²) in [6.45, 7) is 5.50. The second-order valence-corrected chi connectivity index (χ2v) is 6.00. The highest BCUT2D eigenvalue weighted by Gasteiger charge is 2.27. The summed E-state index contributed by atoms with van der Waals surface area (Å²) in [4.78, 5) is 23.7. The molecule has 0 radical (unpaired) electrons. The Kier molecular flexibility index (Phi) is 7.55. The smallest absolute Gasteiger partial charge is 0.326 e. The number of aliphatic carboxylic acids is 1. The Morgan fingerprint density at radius 3 is 2.29 bits per heavy atom. The number of carboxylic acids is 1. The molecule has 3 unspecified atom stereocenters. The van der Waals surface area contributed by atoms with Crippen molar-refractivity contribution < 1.29 is 24.2 Å². The lowest BCUT2D eigenvalue weighted by Gasteiger charge is -2.22. The maximum Gasteiger partial charge on any atom is 0.326 e. The van der Waals surface area contributed by atoms with E-state index in [4.69, 9.17) is 9.47 Å². The summed E-state index contributed by atoms with van der Waals surface area (Å²) >= 11 is 0. The zero-order valence-electron chi connectivity index (χ0n) is 15.0. The maximum atomic E-state index is 12.3. The Hall–Kier alpha value is -2.24. The van der Waals surface area contributed by atoms with Crippen molar-refractivity contribution in [3.8, 4) is 11.5 Å². The van der Waals surface area contributed by atoms with Gasteiger partial charge >= 0.3 is 5.97 Å². The van der Waals surface area contributed by atoms with Crippen molar-refractivity contribution in [3.63, 3.8) is 0 Å². The van der Waals surface area contributed by atoms with Crippen LogP contribution in [0.25, 0.3) is 0 Å². The molecule has 1 aromatic rings. The van der Waals surface area contributed by atoms with Crippen LogP contribution in [0.1, 0.15) is 32.8 Å². The molecular weight excluding hydrogens is 310 g/mol. The molecule has 0 saturated heterocycles. The molecule has 2 N–H and O–H groups in total. The first-order valence-electron chi connectivity index (χ1n) is 8.08. The normalized spacial score (nSPS) is 14.4. The fraction of sp³-hybridized carbons (Fsp3) is 0.556. The summed E-state index contributed by atoms with van der Waals surface area (Å²) in [5.41, 5.74) is 0.922. The second kappa shape index (κ2) is 9.15. The van der Waals surface area contributed by atoms with Gasteiger partial charge in [0.2, 0.25) is 5.91 Å². The van der Waals surface area contributed by atoms with Crippen molar-refractivity contribution in [1.29, 1.82) is 0 Å². The molecule has 6 heteroatoms. The lowest BCUT2D eigenvalue weighted by molar-refractivity contribution is -0.143. The molecule has 0 aromatic heterocycles. The van der Waals surface area contributed by atoms with E-state index in [-0.39, 0.29) is 17.7 Å². The number of ether oxygens (including phenoxy) is 2. The third-order valence-corrected chi connectivity index (χ3v) is 4.21. The fourth-order valence-electron chi connectivity index (χ4n) is 2.43. The molecule has 0 aliphatic carbocycles. The van der Waals surface area contributed by atoms with Crippen molar-refractivity contribution in [2.75, 3.05) is 14.2 Å². The summed E-state index contributed by atoms with van der Waals surface area (Å²) < 4.78 is 10.4. The SMILES string of the molecule is CCC(C)C(NC(=O)C(C)Cc1ccc(OC)c(OC)c1)C(=O)O. The van der Waals surface area contributed by atoms with Crippen LogP contribution >= 0.6 is 0 Å². The zero-order chi connectivity index (χ0) is 18.3. The lowest BCUT2D eigenvalue weighted by atomic mass is 9.96. The first-order valence-corrected chi connectivity index (χ1v) is 8.08. The summed E-state index contributed by atoms with van der Waals surface area (Å²) in [6, 6.07) is 4.62. The first kappa shape index (κ1) is 19.8. The van der Waals surface area contributed by atoms with Gasteiger partial charge in [0.1, 0.15) is 6.04 Å². The maximum absolute atomic E-state index is 12.3. The number of rotatable bonds is 9. The number of benzene rings is 1. The van der Waals surface area contributed by atoms with Crippen LogP contribution < -0.4 is 14.8 Å². The van der Waals surface area contributed by atoms with Crippen molar-refractivity contribution in [2.45, 2.75) is 39.7 Å². The standard InChI is InChI=1S/C18H27NO5/c1-6-11(2)16(18(21)22)19-17(20)12(3)9-13-7-8-14(23-4)15(10-13)24-5/h7-8,10-12,16H,6,9H2,1-5H3,(H,19,20)(H,21,22). The van der Waals surface area contributed by atoms with Crippen LogP contribution in [0.2, 0.25) is 0 Å². The van der Waals surface area contributed by atoms with Crippen molar-refractivity contribution in [2.24, 2.45) is 11.8 Å². The molecule has 0 saturated carbocycles. The van der Waals surface area contributed by atoms with Gasteiger partial charge in [0.15, 0.2) is 11.5 Å². The van der Waals surface area contributed by atoms with Gasteiger partial charge in [0, 0.05) is 5.92 Å². The van der Waals surface area contributed by atoms with Gasteiger partial charge in [-0.05, 0) is 30.0 Å². The molecule has 0 spiro atoms. The lowest BCUT2D eigenvalue weighted by Crippen LogP contribution is -2.47. The molecule has 24 heavy (non-hydrogen) atoms. The van der Waals surface area contributed by atoms with Gasteiger partial charge in [0.05, 0.1) is 14.2 Å². The number of carbonyl (C=O) groups is 2. The van der Waals surface area contributed by atoms with Gasteiger partial charge in [-0.2, -0.15) is 0 Å². The molecular formula is C18H27NO5. The van der Waals surface area contributed by atoms with Gasteiger partial charge in [-0.15, -0.1) is 0 Å². The quantitative estimate of drug-likeness (QED) is 0.723. The average Bonchev–Trinajstić information content (AvgIpc) is 2.58. The molecule has 0 aliphatic rings. The van der Waals surface area contributed by atoms with Crippen LogP contribution in [0, 0.1) is 11.8 Å². The molecule has 1 aromatic carbocycles. The van der Waals surface area contributed by atoms with Crippen molar-refractivity contribution in [1.82, 2.24) is 5.32 Å². The van der Waals surface area contributed by atoms with Crippen molar-refractivity contribution >= 4 is 11.9 Å². The largest absolute Gasteiger partial charge is 0.493 e. The Balaban J connectivity index is 2.78. The minimum atomic E-state index is -1.00. The van der Waals surface area contributed by atoms with E-state index < -0.39 is 12.0 Å². The van der Waals surface area contributed by atoms with Gasteiger partial charge in [-0.25, -0.2) is 4.79 Å². The molecule has 3 atom stereocenters. The number of hydrogen-bond acceptors (Lipinski definition) is 4. The molecule has 1 amide bonds. The van der Waals surface area contributed by atoms with Crippen LogP contribution in [0.5, 0.6) is 11.5 Å². The van der Waals surface area contributed by atoms with E-state index in [0.717, 1.165) is 5.56 Å². The molecule has 0 heterocycles. The minimum Gasteiger partial charge on any atom is -0.493 e. The fourth-order valence-corrected chi connectivity index (χ4v) is 2.43. The van der Waals surface area contributed by atoms with E-state index >= 15 is 0 Å². The van der Waals surface area contributed by atoms with E-state index in [1.54, 1.807) is 27.2 Å². The number of nitrogens with one attached hydrogen (secondary N) is 1. The highest BCUT2D eigenvalue weighted by Crippen LogP contribution is 2.28. The Morgan fingerprint density at radius 2 is 1.79 bits per heavy atom. The summed E-state index contributed by atoms with van der Waals surface area (Å²) in [5, 5.41) is 11.9.